The molecule has 0 heterocycles. The third-order valence-corrected chi connectivity index (χ3v) is 3.77. The van der Waals surface area contributed by atoms with Gasteiger partial charge in [-0.3, -0.25) is 0 Å². The number of aryl methyl sites for hydroxylation is 1. The topological polar surface area (TPSA) is 9.23 Å². The van der Waals surface area contributed by atoms with Crippen molar-refractivity contribution in [3.05, 3.63) is 29.8 Å². The average Bonchev–Trinajstić information content (AvgIpc) is 1.91. The van der Waals surface area contributed by atoms with E-state index in [1.165, 1.54) is 0 Å². The summed E-state index contributed by atoms with van der Waals surface area (Å²) in [4.78, 5) is 0. The summed E-state index contributed by atoms with van der Waals surface area (Å²) in [6, 6.07) is 7.43. The standard InChI is InChI=1S/C7H8O.3ClH.Zr/c1-6-2-4-7(8)5-3-6;;;;/h2-5,8H,1H3;3*1H;/q;;;;+4/p-4. The molecule has 0 saturated carbocycles. The number of hydrogen-bond acceptors (Lipinski definition) is 1. The average molecular weight is 305 g/mol. The molecule has 0 spiro atoms. The molecular formula is C7H7Cl3OZr. The third kappa shape index (κ3) is 4.14. The summed E-state index contributed by atoms with van der Waals surface area (Å²) in [5.74, 6) is 0.636. The first-order valence-electron chi connectivity index (χ1n) is 3.30. The van der Waals surface area contributed by atoms with Crippen molar-refractivity contribution in [2.24, 2.45) is 0 Å². The van der Waals surface area contributed by atoms with Crippen molar-refractivity contribution < 1.29 is 19.9 Å². The molecule has 66 valence electrons. The van der Waals surface area contributed by atoms with Gasteiger partial charge in [-0.25, -0.2) is 0 Å². The Bertz CT molecular complexity index is 254. The van der Waals surface area contributed by atoms with E-state index in [9.17, 15) is 0 Å². The summed E-state index contributed by atoms with van der Waals surface area (Å²) < 4.78 is 5.16. The van der Waals surface area contributed by atoms with Crippen LogP contribution in [0.5, 0.6) is 5.75 Å². The molecule has 1 aromatic carbocycles. The number of hydrogen-bond donors (Lipinski definition) is 0. The van der Waals surface area contributed by atoms with Crippen molar-refractivity contribution in [3.8, 4) is 5.75 Å². The van der Waals surface area contributed by atoms with Crippen LogP contribution in [-0.4, -0.2) is 0 Å². The van der Waals surface area contributed by atoms with Gasteiger partial charge in [-0.2, -0.15) is 0 Å². The van der Waals surface area contributed by atoms with E-state index in [0.29, 0.717) is 5.75 Å². The molecule has 0 amide bonds. The molecule has 0 unspecified atom stereocenters. The summed E-state index contributed by atoms with van der Waals surface area (Å²) in [7, 11) is 16.9. The molecule has 5 heteroatoms. The van der Waals surface area contributed by atoms with Crippen molar-refractivity contribution in [2.75, 3.05) is 0 Å². The Kier molecular flexibility index (Phi) is 3.91. The molecule has 0 fully saturated rings. The first kappa shape index (κ1) is 10.9. The van der Waals surface area contributed by atoms with Crippen molar-refractivity contribution in [1.82, 2.24) is 0 Å². The van der Waals surface area contributed by atoms with Crippen LogP contribution in [-0.2, 0) is 17.1 Å². The molecule has 0 aliphatic heterocycles. The van der Waals surface area contributed by atoms with E-state index in [2.05, 4.69) is 0 Å². The van der Waals surface area contributed by atoms with Gasteiger partial charge in [0.2, 0.25) is 0 Å². The van der Waals surface area contributed by atoms with Crippen LogP contribution in [0, 0.1) is 6.92 Å². The second-order valence-corrected chi connectivity index (χ2v) is 17.9. The van der Waals surface area contributed by atoms with Crippen molar-refractivity contribution in [3.63, 3.8) is 0 Å². The number of rotatable bonds is 2. The van der Waals surface area contributed by atoms with Crippen LogP contribution in [0.1, 0.15) is 5.56 Å². The van der Waals surface area contributed by atoms with E-state index in [4.69, 9.17) is 28.4 Å². The summed E-state index contributed by atoms with van der Waals surface area (Å²) in [5.41, 5.74) is 1.15. The number of halogens is 3. The Morgan fingerprint density at radius 2 is 1.58 bits per heavy atom. The van der Waals surface area contributed by atoms with Crippen LogP contribution in [0.3, 0.4) is 0 Å². The Morgan fingerprint density at radius 1 is 1.08 bits per heavy atom. The summed E-state index contributed by atoms with van der Waals surface area (Å²) in [6.07, 6.45) is 0. The fraction of sp³-hybridized carbons (Fsp3) is 0.143. The fourth-order valence-electron chi connectivity index (χ4n) is 0.740. The zero-order chi connectivity index (χ0) is 9.19. The normalized spacial score (nSPS) is 11.3. The van der Waals surface area contributed by atoms with E-state index >= 15 is 0 Å². The first-order chi connectivity index (χ1) is 5.47. The monoisotopic (exact) mass is 302 g/mol. The van der Waals surface area contributed by atoms with Crippen LogP contribution in [0.2, 0.25) is 0 Å². The van der Waals surface area contributed by atoms with Gasteiger partial charge in [-0.05, 0) is 0 Å². The van der Waals surface area contributed by atoms with E-state index in [0.717, 1.165) is 5.56 Å². The molecule has 0 aliphatic rings. The zero-order valence-corrected chi connectivity index (χ0v) is 11.1. The molecule has 0 bridgehead atoms. The van der Waals surface area contributed by atoms with Gasteiger partial charge in [0.25, 0.3) is 0 Å². The van der Waals surface area contributed by atoms with E-state index in [1.54, 1.807) is 12.1 Å². The molecule has 0 N–H and O–H groups in total. The van der Waals surface area contributed by atoms with Gasteiger partial charge < -0.3 is 0 Å². The quantitative estimate of drug-likeness (QED) is 0.805. The van der Waals surface area contributed by atoms with Crippen molar-refractivity contribution in [2.45, 2.75) is 6.92 Å². The van der Waals surface area contributed by atoms with Gasteiger partial charge >= 0.3 is 88.0 Å². The van der Waals surface area contributed by atoms with Gasteiger partial charge in [0.1, 0.15) is 0 Å². The van der Waals surface area contributed by atoms with Crippen LogP contribution in [0.15, 0.2) is 24.3 Å². The Morgan fingerprint density at radius 3 is 2.00 bits per heavy atom. The fourth-order valence-corrected chi connectivity index (χ4v) is 3.31. The molecule has 0 aromatic heterocycles. The van der Waals surface area contributed by atoms with Crippen LogP contribution >= 0.6 is 25.5 Å². The van der Waals surface area contributed by atoms with Gasteiger partial charge in [0, 0.05) is 0 Å². The Labute approximate surface area is 87.2 Å². The van der Waals surface area contributed by atoms with E-state index in [1.807, 2.05) is 19.1 Å². The van der Waals surface area contributed by atoms with E-state index in [-0.39, 0.29) is 0 Å². The maximum atomic E-state index is 5.63. The number of benzene rings is 1. The van der Waals surface area contributed by atoms with Gasteiger partial charge in [-0.15, -0.1) is 0 Å². The van der Waals surface area contributed by atoms with Crippen LogP contribution < -0.4 is 2.81 Å². The molecule has 1 rings (SSSR count). The minimum atomic E-state index is -3.67. The van der Waals surface area contributed by atoms with Crippen molar-refractivity contribution in [1.29, 1.82) is 0 Å². The molecular weight excluding hydrogens is 298 g/mol. The molecule has 1 nitrogen and oxygen atoms in total. The van der Waals surface area contributed by atoms with Crippen LogP contribution in [0.4, 0.5) is 0 Å². The molecule has 1 aromatic rings. The SMILES string of the molecule is Cc1ccc([O][Zr]([Cl])([Cl])[Cl])cc1. The minimum absolute atomic E-state index is 0.636. The zero-order valence-electron chi connectivity index (χ0n) is 6.35. The van der Waals surface area contributed by atoms with E-state index < -0.39 is 17.1 Å². The molecule has 0 saturated heterocycles. The van der Waals surface area contributed by atoms with Gasteiger partial charge in [0.05, 0.1) is 0 Å². The maximum absolute atomic E-state index is 5.63. The molecule has 0 aliphatic carbocycles. The first-order valence-corrected chi connectivity index (χ1v) is 13.8. The van der Waals surface area contributed by atoms with Gasteiger partial charge in [-0.1, -0.05) is 0 Å². The molecule has 12 heavy (non-hydrogen) atoms. The molecule has 0 atom stereocenters. The van der Waals surface area contributed by atoms with Gasteiger partial charge in [0.15, 0.2) is 0 Å². The summed E-state index contributed by atoms with van der Waals surface area (Å²) in [5, 5.41) is 0. The second kappa shape index (κ2) is 4.33. The Balaban J connectivity index is 2.71. The Hall–Kier alpha value is 0.773. The van der Waals surface area contributed by atoms with Crippen LogP contribution in [0.25, 0.3) is 0 Å². The predicted octanol–water partition coefficient (Wildman–Crippen LogP) is 3.90. The second-order valence-electron chi connectivity index (χ2n) is 2.36. The van der Waals surface area contributed by atoms with Crippen molar-refractivity contribution >= 4 is 25.5 Å². The molecule has 0 radical (unpaired) electrons. The third-order valence-electron chi connectivity index (χ3n) is 1.25. The summed E-state index contributed by atoms with van der Waals surface area (Å²) >= 11 is -3.67. The predicted molar refractivity (Wildman–Crippen MR) is 49.4 cm³/mol. The summed E-state index contributed by atoms with van der Waals surface area (Å²) in [6.45, 7) is 1.99.